The molecule has 3 N–H and O–H groups in total. The molecule has 1 saturated carbocycles. The fourth-order valence-electron chi connectivity index (χ4n) is 2.71. The second-order valence-corrected chi connectivity index (χ2v) is 4.93. The Morgan fingerprint density at radius 1 is 1.21 bits per heavy atom. The number of hydrogen-bond acceptors (Lipinski definition) is 4. The summed E-state index contributed by atoms with van der Waals surface area (Å²) in [6, 6.07) is -0.233. The van der Waals surface area contributed by atoms with Gasteiger partial charge in [0.25, 0.3) is 0 Å². The molecule has 1 aliphatic rings. The van der Waals surface area contributed by atoms with Crippen LogP contribution in [0.3, 0.4) is 0 Å². The Morgan fingerprint density at radius 3 is 2.37 bits per heavy atom. The van der Waals surface area contributed by atoms with Crippen LogP contribution in [0.25, 0.3) is 0 Å². The maximum atomic E-state index is 12.6. The molecule has 0 amide bonds. The Balaban J connectivity index is 2.00. The Labute approximate surface area is 109 Å². The summed E-state index contributed by atoms with van der Waals surface area (Å²) in [5.74, 6) is 4.41. The van der Waals surface area contributed by atoms with Crippen LogP contribution in [0.15, 0.2) is 18.6 Å². The van der Waals surface area contributed by atoms with E-state index >= 15 is 0 Å². The summed E-state index contributed by atoms with van der Waals surface area (Å²) in [6.45, 7) is 0. The molecular weight excluding hydrogens is 257 g/mol. The minimum Gasteiger partial charge on any atom is -0.271 e. The summed E-state index contributed by atoms with van der Waals surface area (Å²) in [5.41, 5.74) is 3.34. The Morgan fingerprint density at radius 2 is 1.89 bits per heavy atom. The van der Waals surface area contributed by atoms with E-state index in [-0.39, 0.29) is 24.8 Å². The molecule has 19 heavy (non-hydrogen) atoms. The first kappa shape index (κ1) is 14.2. The van der Waals surface area contributed by atoms with Gasteiger partial charge in [-0.3, -0.25) is 21.2 Å². The van der Waals surface area contributed by atoms with E-state index in [2.05, 4.69) is 15.4 Å². The van der Waals surface area contributed by atoms with Crippen molar-refractivity contribution in [3.63, 3.8) is 0 Å². The van der Waals surface area contributed by atoms with Gasteiger partial charge in [0.2, 0.25) is 0 Å². The zero-order valence-corrected chi connectivity index (χ0v) is 10.4. The summed E-state index contributed by atoms with van der Waals surface area (Å²) in [5, 5.41) is 0. The number of aromatic nitrogens is 2. The van der Waals surface area contributed by atoms with Crippen LogP contribution in [0.4, 0.5) is 13.2 Å². The maximum absolute atomic E-state index is 12.6. The summed E-state index contributed by atoms with van der Waals surface area (Å²) in [7, 11) is 0. The Bertz CT molecular complexity index is 388. The van der Waals surface area contributed by atoms with Crippen molar-refractivity contribution in [1.29, 1.82) is 0 Å². The topological polar surface area (TPSA) is 63.8 Å². The van der Waals surface area contributed by atoms with E-state index in [1.807, 2.05) is 0 Å². The van der Waals surface area contributed by atoms with Gasteiger partial charge in [-0.2, -0.15) is 13.2 Å². The van der Waals surface area contributed by atoms with Gasteiger partial charge < -0.3 is 0 Å². The first-order valence-corrected chi connectivity index (χ1v) is 6.31. The molecule has 1 unspecified atom stereocenters. The molecule has 4 nitrogen and oxygen atoms in total. The van der Waals surface area contributed by atoms with E-state index in [4.69, 9.17) is 5.84 Å². The number of nitrogens with two attached hydrogens (primary N) is 1. The zero-order chi connectivity index (χ0) is 13.9. The smallest absolute Gasteiger partial charge is 0.271 e. The lowest BCUT2D eigenvalue weighted by Crippen LogP contribution is -2.37. The molecule has 1 fully saturated rings. The molecule has 2 rings (SSSR count). The Kier molecular flexibility index (Phi) is 4.36. The van der Waals surface area contributed by atoms with E-state index in [1.165, 1.54) is 0 Å². The van der Waals surface area contributed by atoms with Crippen LogP contribution in [0.1, 0.15) is 37.4 Å². The van der Waals surface area contributed by atoms with Crippen LogP contribution in [-0.2, 0) is 0 Å². The van der Waals surface area contributed by atoms with Gasteiger partial charge in [0.1, 0.15) is 0 Å². The summed E-state index contributed by atoms with van der Waals surface area (Å²) < 4.78 is 37.8. The van der Waals surface area contributed by atoms with E-state index < -0.39 is 12.1 Å². The van der Waals surface area contributed by atoms with Crippen LogP contribution in [0, 0.1) is 11.8 Å². The van der Waals surface area contributed by atoms with E-state index in [9.17, 15) is 13.2 Å². The predicted molar refractivity (Wildman–Crippen MR) is 63.6 cm³/mol. The molecule has 0 saturated heterocycles. The van der Waals surface area contributed by atoms with Crippen LogP contribution in [0.5, 0.6) is 0 Å². The van der Waals surface area contributed by atoms with E-state index in [1.54, 1.807) is 18.6 Å². The van der Waals surface area contributed by atoms with Gasteiger partial charge in [0.05, 0.1) is 23.9 Å². The molecule has 0 aromatic carbocycles. The zero-order valence-electron chi connectivity index (χ0n) is 10.4. The largest absolute Gasteiger partial charge is 0.391 e. The Hall–Kier alpha value is -1.21. The molecule has 0 bridgehead atoms. The fourth-order valence-corrected chi connectivity index (χ4v) is 2.71. The van der Waals surface area contributed by atoms with E-state index in [0.29, 0.717) is 18.5 Å². The minimum atomic E-state index is -4.08. The maximum Gasteiger partial charge on any atom is 0.391 e. The summed E-state index contributed by atoms with van der Waals surface area (Å²) in [4.78, 5) is 8.13. The van der Waals surface area contributed by atoms with Crippen molar-refractivity contribution < 1.29 is 13.2 Å². The quantitative estimate of drug-likeness (QED) is 0.656. The van der Waals surface area contributed by atoms with Crippen LogP contribution >= 0.6 is 0 Å². The molecule has 1 aromatic heterocycles. The van der Waals surface area contributed by atoms with Crippen molar-refractivity contribution >= 4 is 0 Å². The molecule has 1 aromatic rings. The highest BCUT2D eigenvalue weighted by Gasteiger charge is 2.42. The predicted octanol–water partition coefficient (Wildman–Crippen LogP) is 2.35. The van der Waals surface area contributed by atoms with Crippen molar-refractivity contribution in [2.24, 2.45) is 17.7 Å². The van der Waals surface area contributed by atoms with Gasteiger partial charge in [-0.1, -0.05) is 0 Å². The lowest BCUT2D eigenvalue weighted by Gasteiger charge is -2.33. The number of nitrogens with one attached hydrogen (secondary N) is 1. The number of hydrazine groups is 1. The molecule has 106 valence electrons. The fraction of sp³-hybridized carbons (Fsp3) is 0.667. The third-order valence-electron chi connectivity index (χ3n) is 3.79. The van der Waals surface area contributed by atoms with E-state index in [0.717, 1.165) is 0 Å². The molecule has 7 heteroatoms. The number of nitrogens with zero attached hydrogens (tertiary/aromatic N) is 2. The molecule has 0 aliphatic heterocycles. The van der Waals surface area contributed by atoms with Gasteiger partial charge in [-0.15, -0.1) is 0 Å². The van der Waals surface area contributed by atoms with Crippen LogP contribution in [0.2, 0.25) is 0 Å². The number of hydrogen-bond donors (Lipinski definition) is 2. The average molecular weight is 274 g/mol. The first-order valence-electron chi connectivity index (χ1n) is 6.31. The van der Waals surface area contributed by atoms with Crippen molar-refractivity contribution in [2.45, 2.75) is 37.9 Å². The third-order valence-corrected chi connectivity index (χ3v) is 3.79. The first-order chi connectivity index (χ1) is 9.02. The number of alkyl halides is 3. The lowest BCUT2D eigenvalue weighted by molar-refractivity contribution is -0.184. The minimum absolute atomic E-state index is 0.0697. The molecule has 1 heterocycles. The molecular formula is C12H17F3N4. The summed E-state index contributed by atoms with van der Waals surface area (Å²) in [6.07, 6.45) is 1.94. The normalized spacial score (nSPS) is 26.1. The van der Waals surface area contributed by atoms with Gasteiger partial charge in [-0.05, 0) is 31.6 Å². The second-order valence-electron chi connectivity index (χ2n) is 4.93. The standard InChI is InChI=1S/C12H17F3N4/c13-12(14,15)9-3-1-8(2-4-9)11(19-16)10-7-17-5-6-18-10/h5-9,11,19H,1-4,16H2. The number of halogens is 3. The van der Waals surface area contributed by atoms with Gasteiger partial charge in [0, 0.05) is 12.4 Å². The van der Waals surface area contributed by atoms with Crippen molar-refractivity contribution in [3.05, 3.63) is 24.3 Å². The molecule has 0 spiro atoms. The van der Waals surface area contributed by atoms with Crippen molar-refractivity contribution in [1.82, 2.24) is 15.4 Å². The van der Waals surface area contributed by atoms with Gasteiger partial charge in [-0.25, -0.2) is 0 Å². The van der Waals surface area contributed by atoms with Crippen LogP contribution < -0.4 is 11.3 Å². The number of rotatable bonds is 3. The average Bonchev–Trinajstić information content (AvgIpc) is 2.40. The third kappa shape index (κ3) is 3.42. The highest BCUT2D eigenvalue weighted by molar-refractivity contribution is 5.04. The van der Waals surface area contributed by atoms with Crippen molar-refractivity contribution in [2.75, 3.05) is 0 Å². The van der Waals surface area contributed by atoms with Crippen molar-refractivity contribution in [3.8, 4) is 0 Å². The lowest BCUT2D eigenvalue weighted by atomic mass is 9.77. The van der Waals surface area contributed by atoms with Gasteiger partial charge in [0.15, 0.2) is 0 Å². The monoisotopic (exact) mass is 274 g/mol. The highest BCUT2D eigenvalue weighted by atomic mass is 19.4. The molecule has 1 aliphatic carbocycles. The second kappa shape index (κ2) is 5.83. The molecule has 0 radical (unpaired) electrons. The SMILES string of the molecule is NNC(c1cnccn1)C1CCC(C(F)(F)F)CC1. The van der Waals surface area contributed by atoms with Gasteiger partial charge >= 0.3 is 6.18 Å². The van der Waals surface area contributed by atoms with Crippen LogP contribution in [-0.4, -0.2) is 16.1 Å². The molecule has 1 atom stereocenters. The highest BCUT2D eigenvalue weighted by Crippen LogP contribution is 2.42. The summed E-state index contributed by atoms with van der Waals surface area (Å²) >= 11 is 0.